The Morgan fingerprint density at radius 3 is 2.28 bits per heavy atom. The fraction of sp³-hybridized carbons (Fsp3) is 0.500. The summed E-state index contributed by atoms with van der Waals surface area (Å²) in [4.78, 5) is 0.120. The van der Waals surface area contributed by atoms with Crippen LogP contribution in [-0.4, -0.2) is 26.5 Å². The molecule has 0 bridgehead atoms. The molecule has 0 atom stereocenters. The van der Waals surface area contributed by atoms with Crippen LogP contribution in [0.15, 0.2) is 17.0 Å². The van der Waals surface area contributed by atoms with Gasteiger partial charge >= 0.3 is 0 Å². The summed E-state index contributed by atoms with van der Waals surface area (Å²) in [5.74, 6) is 2.73. The van der Waals surface area contributed by atoms with E-state index in [2.05, 4.69) is 6.92 Å². The van der Waals surface area contributed by atoms with Gasteiger partial charge in [0.1, 0.15) is 5.75 Å². The van der Waals surface area contributed by atoms with Crippen LogP contribution >= 0.6 is 22.4 Å². The summed E-state index contributed by atoms with van der Waals surface area (Å²) in [5.41, 5.74) is 1.58. The van der Waals surface area contributed by atoms with Gasteiger partial charge in [-0.1, -0.05) is 6.92 Å². The van der Waals surface area contributed by atoms with Crippen LogP contribution in [0.1, 0.15) is 18.1 Å². The topological polar surface area (TPSA) is 43.4 Å². The molecule has 3 nitrogen and oxygen atoms in total. The Hall–Kier alpha value is -0.390. The van der Waals surface area contributed by atoms with Gasteiger partial charge < -0.3 is 4.74 Å². The van der Waals surface area contributed by atoms with Crippen LogP contribution in [0.3, 0.4) is 0 Å². The van der Waals surface area contributed by atoms with Gasteiger partial charge in [-0.15, -0.1) is 0 Å². The van der Waals surface area contributed by atoms with Gasteiger partial charge in [-0.25, -0.2) is 8.42 Å². The second-order valence-electron chi connectivity index (χ2n) is 3.87. The van der Waals surface area contributed by atoms with Crippen molar-refractivity contribution in [1.29, 1.82) is 0 Å². The zero-order valence-electron chi connectivity index (χ0n) is 10.7. The smallest absolute Gasteiger partial charge is 0.261 e. The third-order valence-electron chi connectivity index (χ3n) is 2.39. The highest BCUT2D eigenvalue weighted by molar-refractivity contribution is 8.13. The lowest BCUT2D eigenvalue weighted by Crippen LogP contribution is -2.04. The van der Waals surface area contributed by atoms with Crippen molar-refractivity contribution in [2.24, 2.45) is 0 Å². The molecule has 0 amide bonds. The second-order valence-corrected chi connectivity index (χ2v) is 7.83. The fourth-order valence-electron chi connectivity index (χ4n) is 1.63. The van der Waals surface area contributed by atoms with Gasteiger partial charge in [-0.3, -0.25) is 0 Å². The van der Waals surface area contributed by atoms with E-state index in [9.17, 15) is 8.42 Å². The first kappa shape index (κ1) is 15.7. The molecule has 0 spiro atoms. The van der Waals surface area contributed by atoms with Crippen LogP contribution in [0.4, 0.5) is 0 Å². The van der Waals surface area contributed by atoms with E-state index in [4.69, 9.17) is 15.4 Å². The van der Waals surface area contributed by atoms with Crippen LogP contribution in [0.2, 0.25) is 0 Å². The van der Waals surface area contributed by atoms with E-state index in [0.29, 0.717) is 6.61 Å². The third-order valence-corrected chi connectivity index (χ3v) is 4.59. The van der Waals surface area contributed by atoms with E-state index in [1.54, 1.807) is 11.8 Å². The van der Waals surface area contributed by atoms with Crippen molar-refractivity contribution in [1.82, 2.24) is 0 Å². The van der Waals surface area contributed by atoms with Crippen molar-refractivity contribution in [3.63, 3.8) is 0 Å². The first-order valence-electron chi connectivity index (χ1n) is 5.62. The number of rotatable bonds is 6. The second kappa shape index (κ2) is 6.68. The lowest BCUT2D eigenvalue weighted by molar-refractivity contribution is 0.339. The molecule has 0 saturated carbocycles. The number of benzene rings is 1. The maximum absolute atomic E-state index is 11.3. The number of halogens is 1. The first-order chi connectivity index (χ1) is 8.36. The summed E-state index contributed by atoms with van der Waals surface area (Å²) in [6, 6.07) is 3.08. The fourth-order valence-corrected chi connectivity index (χ4v) is 3.02. The number of hydrogen-bond donors (Lipinski definition) is 0. The van der Waals surface area contributed by atoms with Gasteiger partial charge in [-0.2, -0.15) is 11.8 Å². The summed E-state index contributed by atoms with van der Waals surface area (Å²) in [7, 11) is 1.65. The minimum Gasteiger partial charge on any atom is -0.492 e. The van der Waals surface area contributed by atoms with Crippen molar-refractivity contribution in [3.05, 3.63) is 23.3 Å². The zero-order chi connectivity index (χ0) is 13.8. The molecule has 0 fully saturated rings. The lowest BCUT2D eigenvalue weighted by Gasteiger charge is -2.13. The Morgan fingerprint density at radius 2 is 1.83 bits per heavy atom. The number of aryl methyl sites for hydroxylation is 2. The van der Waals surface area contributed by atoms with Crippen molar-refractivity contribution in [3.8, 4) is 5.75 Å². The Bertz CT molecular complexity index is 489. The minimum atomic E-state index is -3.68. The summed E-state index contributed by atoms with van der Waals surface area (Å²) in [6.07, 6.45) is 0. The van der Waals surface area contributed by atoms with Crippen LogP contribution in [-0.2, 0) is 9.05 Å². The largest absolute Gasteiger partial charge is 0.492 e. The molecule has 0 aliphatic rings. The molecule has 0 heterocycles. The highest BCUT2D eigenvalue weighted by Crippen LogP contribution is 2.28. The molecule has 1 rings (SSSR count). The van der Waals surface area contributed by atoms with Gasteiger partial charge in [0.25, 0.3) is 9.05 Å². The predicted molar refractivity (Wildman–Crippen MR) is 77.4 cm³/mol. The van der Waals surface area contributed by atoms with Crippen molar-refractivity contribution >= 4 is 31.5 Å². The first-order valence-corrected chi connectivity index (χ1v) is 9.09. The average Bonchev–Trinajstić information content (AvgIpc) is 2.25. The molecule has 0 N–H and O–H groups in total. The van der Waals surface area contributed by atoms with Crippen LogP contribution in [0.25, 0.3) is 0 Å². The van der Waals surface area contributed by atoms with Gasteiger partial charge in [0.05, 0.1) is 11.5 Å². The molecule has 0 saturated heterocycles. The summed E-state index contributed by atoms with van der Waals surface area (Å²) in [6.45, 7) is 6.36. The number of ether oxygens (including phenoxy) is 1. The number of hydrogen-bond acceptors (Lipinski definition) is 4. The van der Waals surface area contributed by atoms with E-state index in [-0.39, 0.29) is 4.90 Å². The molecule has 6 heteroatoms. The SMILES string of the molecule is CCSCCOc1c(C)cc(S(=O)(=O)Cl)cc1C. The molecule has 1 aromatic carbocycles. The minimum absolute atomic E-state index is 0.120. The molecule has 0 radical (unpaired) electrons. The zero-order valence-corrected chi connectivity index (χ0v) is 13.1. The van der Waals surface area contributed by atoms with E-state index >= 15 is 0 Å². The average molecular weight is 309 g/mol. The Kier molecular flexibility index (Phi) is 5.82. The normalized spacial score (nSPS) is 11.6. The van der Waals surface area contributed by atoms with Crippen molar-refractivity contribution in [2.75, 3.05) is 18.1 Å². The lowest BCUT2D eigenvalue weighted by atomic mass is 10.1. The van der Waals surface area contributed by atoms with Crippen molar-refractivity contribution in [2.45, 2.75) is 25.7 Å². The molecular formula is C12H17ClO3S2. The Labute approximate surface area is 117 Å². The molecule has 18 heavy (non-hydrogen) atoms. The third kappa shape index (κ3) is 4.37. The summed E-state index contributed by atoms with van der Waals surface area (Å²) in [5, 5.41) is 0. The Balaban J connectivity index is 2.88. The standard InChI is InChI=1S/C12H17ClO3S2/c1-4-17-6-5-16-12-9(2)7-11(8-10(12)3)18(13,14)15/h7-8H,4-6H2,1-3H3. The maximum Gasteiger partial charge on any atom is 0.261 e. The van der Waals surface area contributed by atoms with Gasteiger partial charge in [0.2, 0.25) is 0 Å². The van der Waals surface area contributed by atoms with E-state index in [0.717, 1.165) is 28.4 Å². The van der Waals surface area contributed by atoms with Crippen LogP contribution in [0.5, 0.6) is 5.75 Å². The van der Waals surface area contributed by atoms with E-state index < -0.39 is 9.05 Å². The number of thioether (sulfide) groups is 1. The summed E-state index contributed by atoms with van der Waals surface area (Å²) < 4.78 is 28.2. The quantitative estimate of drug-likeness (QED) is 0.597. The van der Waals surface area contributed by atoms with Gasteiger partial charge in [0, 0.05) is 16.4 Å². The highest BCUT2D eigenvalue weighted by Gasteiger charge is 2.14. The summed E-state index contributed by atoms with van der Waals surface area (Å²) >= 11 is 1.80. The molecule has 0 aliphatic carbocycles. The molecule has 0 aromatic heterocycles. The van der Waals surface area contributed by atoms with Crippen molar-refractivity contribution < 1.29 is 13.2 Å². The van der Waals surface area contributed by atoms with E-state index in [1.165, 1.54) is 12.1 Å². The highest BCUT2D eigenvalue weighted by atomic mass is 35.7. The molecule has 0 unspecified atom stereocenters. The molecule has 1 aromatic rings. The van der Waals surface area contributed by atoms with Gasteiger partial charge in [-0.05, 0) is 42.9 Å². The van der Waals surface area contributed by atoms with Gasteiger partial charge in [0.15, 0.2) is 0 Å². The van der Waals surface area contributed by atoms with Crippen LogP contribution < -0.4 is 4.74 Å². The van der Waals surface area contributed by atoms with Crippen LogP contribution in [0, 0.1) is 13.8 Å². The predicted octanol–water partition coefficient (Wildman–Crippen LogP) is 3.36. The maximum atomic E-state index is 11.3. The van der Waals surface area contributed by atoms with E-state index in [1.807, 2.05) is 13.8 Å². The monoisotopic (exact) mass is 308 g/mol. The molecule has 0 aliphatic heterocycles. The molecule has 102 valence electrons. The Morgan fingerprint density at radius 1 is 1.28 bits per heavy atom. The molecular weight excluding hydrogens is 292 g/mol.